The minimum Gasteiger partial charge on any atom is -0.324 e. The van der Waals surface area contributed by atoms with E-state index in [1.165, 1.54) is 6.07 Å². The van der Waals surface area contributed by atoms with Crippen molar-refractivity contribution in [3.63, 3.8) is 0 Å². The lowest BCUT2D eigenvalue weighted by molar-refractivity contribution is 0.102. The van der Waals surface area contributed by atoms with Crippen LogP contribution in [0.15, 0.2) is 36.4 Å². The number of rotatable bonds is 2. The van der Waals surface area contributed by atoms with E-state index in [1.54, 1.807) is 13.0 Å². The van der Waals surface area contributed by atoms with Crippen LogP contribution in [0.1, 0.15) is 16.1 Å². The van der Waals surface area contributed by atoms with Gasteiger partial charge in [-0.25, -0.2) is 9.97 Å². The van der Waals surface area contributed by atoms with Crippen LogP contribution in [0.25, 0.3) is 11.0 Å². The van der Waals surface area contributed by atoms with Crippen molar-refractivity contribution in [1.29, 1.82) is 0 Å². The molecule has 0 atom stereocenters. The fourth-order valence-electron chi connectivity index (χ4n) is 1.95. The van der Waals surface area contributed by atoms with Gasteiger partial charge >= 0.3 is 0 Å². The predicted octanol–water partition coefficient (Wildman–Crippen LogP) is 3.17. The van der Waals surface area contributed by atoms with Crippen molar-refractivity contribution in [2.24, 2.45) is 0 Å². The summed E-state index contributed by atoms with van der Waals surface area (Å²) in [6, 6.07) is 10.7. The Morgan fingerprint density at radius 3 is 2.80 bits per heavy atom. The Labute approximate surface area is 120 Å². The van der Waals surface area contributed by atoms with E-state index >= 15 is 0 Å². The number of imidazole rings is 1. The van der Waals surface area contributed by atoms with E-state index < -0.39 is 0 Å². The first-order chi connectivity index (χ1) is 9.61. The van der Waals surface area contributed by atoms with Crippen LogP contribution in [-0.4, -0.2) is 20.9 Å². The van der Waals surface area contributed by atoms with Crippen LogP contribution in [0.3, 0.4) is 0 Å². The average Bonchev–Trinajstić information content (AvgIpc) is 2.79. The third-order valence-corrected chi connectivity index (χ3v) is 3.00. The number of hydrogen-bond acceptors (Lipinski definition) is 3. The zero-order valence-corrected chi connectivity index (χ0v) is 11.4. The van der Waals surface area contributed by atoms with Gasteiger partial charge in [-0.3, -0.25) is 10.1 Å². The number of benzene rings is 1. The molecule has 100 valence electrons. The first-order valence-electron chi connectivity index (χ1n) is 6.02. The first kappa shape index (κ1) is 12.6. The summed E-state index contributed by atoms with van der Waals surface area (Å²) in [5.74, 6) is 0.123. The normalized spacial score (nSPS) is 10.7. The second kappa shape index (κ2) is 4.94. The van der Waals surface area contributed by atoms with Gasteiger partial charge in [0.1, 0.15) is 5.15 Å². The van der Waals surface area contributed by atoms with Gasteiger partial charge in [0, 0.05) is 11.3 Å². The Balaban J connectivity index is 1.88. The number of amides is 1. The van der Waals surface area contributed by atoms with Crippen LogP contribution in [0.2, 0.25) is 5.15 Å². The zero-order valence-electron chi connectivity index (χ0n) is 10.6. The van der Waals surface area contributed by atoms with Crippen LogP contribution >= 0.6 is 11.6 Å². The SMILES string of the molecule is Cc1cc(C(=O)Nc2nc3ccccc3[nH]2)cc(Cl)n1. The van der Waals surface area contributed by atoms with Gasteiger partial charge in [-0.1, -0.05) is 23.7 Å². The molecule has 0 saturated heterocycles. The third-order valence-electron chi connectivity index (χ3n) is 2.81. The van der Waals surface area contributed by atoms with Gasteiger partial charge in [-0.15, -0.1) is 0 Å². The quantitative estimate of drug-likeness (QED) is 0.711. The molecule has 3 rings (SSSR count). The van der Waals surface area contributed by atoms with Crippen LogP contribution in [0.5, 0.6) is 0 Å². The summed E-state index contributed by atoms with van der Waals surface area (Å²) >= 11 is 5.85. The number of aromatic amines is 1. The Hall–Kier alpha value is -2.40. The molecule has 0 fully saturated rings. The summed E-state index contributed by atoms with van der Waals surface area (Å²) in [7, 11) is 0. The molecule has 6 heteroatoms. The van der Waals surface area contributed by atoms with E-state index in [2.05, 4.69) is 20.3 Å². The molecule has 3 aromatic rings. The lowest BCUT2D eigenvalue weighted by atomic mass is 10.2. The molecule has 0 aliphatic rings. The van der Waals surface area contributed by atoms with Crippen LogP contribution in [0.4, 0.5) is 5.95 Å². The molecule has 0 saturated carbocycles. The van der Waals surface area contributed by atoms with Gasteiger partial charge in [-0.2, -0.15) is 0 Å². The molecule has 1 amide bonds. The van der Waals surface area contributed by atoms with Crippen molar-refractivity contribution in [2.75, 3.05) is 5.32 Å². The number of para-hydroxylation sites is 2. The maximum atomic E-state index is 12.1. The number of anilines is 1. The molecular weight excluding hydrogens is 276 g/mol. The number of fused-ring (bicyclic) bond motifs is 1. The Morgan fingerprint density at radius 2 is 2.05 bits per heavy atom. The van der Waals surface area contributed by atoms with Crippen molar-refractivity contribution in [2.45, 2.75) is 6.92 Å². The van der Waals surface area contributed by atoms with E-state index in [1.807, 2.05) is 24.3 Å². The van der Waals surface area contributed by atoms with E-state index in [-0.39, 0.29) is 5.91 Å². The number of carbonyl (C=O) groups excluding carboxylic acids is 1. The van der Waals surface area contributed by atoms with Gasteiger partial charge < -0.3 is 4.98 Å². The van der Waals surface area contributed by atoms with E-state index in [4.69, 9.17) is 11.6 Å². The molecule has 0 aliphatic heterocycles. The second-order valence-corrected chi connectivity index (χ2v) is 4.76. The molecule has 2 aromatic heterocycles. The summed E-state index contributed by atoms with van der Waals surface area (Å²) in [6.07, 6.45) is 0. The van der Waals surface area contributed by atoms with Crippen molar-refractivity contribution in [3.05, 3.63) is 52.8 Å². The molecule has 2 N–H and O–H groups in total. The zero-order chi connectivity index (χ0) is 14.1. The molecule has 0 bridgehead atoms. The topological polar surface area (TPSA) is 70.7 Å². The lowest BCUT2D eigenvalue weighted by Crippen LogP contribution is -2.13. The minimum absolute atomic E-state index is 0.281. The van der Waals surface area contributed by atoms with E-state index in [0.29, 0.717) is 22.4 Å². The number of aromatic nitrogens is 3. The monoisotopic (exact) mass is 286 g/mol. The molecule has 1 aromatic carbocycles. The molecule has 20 heavy (non-hydrogen) atoms. The number of pyridine rings is 1. The van der Waals surface area contributed by atoms with Gasteiger partial charge in [0.2, 0.25) is 5.95 Å². The second-order valence-electron chi connectivity index (χ2n) is 4.38. The molecule has 0 unspecified atom stereocenters. The molecular formula is C14H11ClN4O. The predicted molar refractivity (Wildman–Crippen MR) is 78.0 cm³/mol. The highest BCUT2D eigenvalue weighted by molar-refractivity contribution is 6.29. The van der Waals surface area contributed by atoms with Gasteiger partial charge in [0.05, 0.1) is 11.0 Å². The fourth-order valence-corrected chi connectivity index (χ4v) is 2.20. The highest BCUT2D eigenvalue weighted by atomic mass is 35.5. The largest absolute Gasteiger partial charge is 0.324 e. The highest BCUT2D eigenvalue weighted by Crippen LogP contribution is 2.15. The minimum atomic E-state index is -0.281. The highest BCUT2D eigenvalue weighted by Gasteiger charge is 2.10. The lowest BCUT2D eigenvalue weighted by Gasteiger charge is -2.03. The first-order valence-corrected chi connectivity index (χ1v) is 6.40. The van der Waals surface area contributed by atoms with Gasteiger partial charge in [0.15, 0.2) is 0 Å². The van der Waals surface area contributed by atoms with Crippen LogP contribution in [-0.2, 0) is 0 Å². The number of nitrogens with zero attached hydrogens (tertiary/aromatic N) is 2. The third kappa shape index (κ3) is 2.48. The number of carbonyl (C=O) groups is 1. The maximum Gasteiger partial charge on any atom is 0.258 e. The Kier molecular flexibility index (Phi) is 3.12. The summed E-state index contributed by atoms with van der Waals surface area (Å²) < 4.78 is 0. The van der Waals surface area contributed by atoms with E-state index in [0.717, 1.165) is 11.0 Å². The van der Waals surface area contributed by atoms with Gasteiger partial charge in [0.25, 0.3) is 5.91 Å². The van der Waals surface area contributed by atoms with Crippen molar-refractivity contribution in [3.8, 4) is 0 Å². The molecule has 2 heterocycles. The Bertz CT molecular complexity index is 743. The number of halogens is 1. The van der Waals surface area contributed by atoms with E-state index in [9.17, 15) is 4.79 Å². The van der Waals surface area contributed by atoms with Crippen molar-refractivity contribution in [1.82, 2.24) is 15.0 Å². The molecule has 0 spiro atoms. The smallest absolute Gasteiger partial charge is 0.258 e. The number of nitrogens with one attached hydrogen (secondary N) is 2. The maximum absolute atomic E-state index is 12.1. The van der Waals surface area contributed by atoms with Crippen molar-refractivity contribution < 1.29 is 4.79 Å². The number of H-pyrrole nitrogens is 1. The number of aryl methyl sites for hydroxylation is 1. The average molecular weight is 287 g/mol. The van der Waals surface area contributed by atoms with Crippen molar-refractivity contribution >= 4 is 34.5 Å². The molecule has 0 radical (unpaired) electrons. The summed E-state index contributed by atoms with van der Waals surface area (Å²) in [5.41, 5.74) is 2.80. The standard InChI is InChI=1S/C14H11ClN4O/c1-8-6-9(7-12(15)16-8)13(20)19-14-17-10-4-2-3-5-11(10)18-14/h2-7H,1H3,(H2,17,18,19,20). The summed E-state index contributed by atoms with van der Waals surface area (Å²) in [5, 5.41) is 3.00. The van der Waals surface area contributed by atoms with Gasteiger partial charge in [-0.05, 0) is 31.2 Å². The number of hydrogen-bond donors (Lipinski definition) is 2. The van der Waals surface area contributed by atoms with Crippen LogP contribution < -0.4 is 5.32 Å². The summed E-state index contributed by atoms with van der Waals surface area (Å²) in [6.45, 7) is 1.78. The van der Waals surface area contributed by atoms with Crippen LogP contribution in [0, 0.1) is 6.92 Å². The molecule has 0 aliphatic carbocycles. The summed E-state index contributed by atoms with van der Waals surface area (Å²) in [4.78, 5) is 23.5. The fraction of sp³-hybridized carbons (Fsp3) is 0.0714. The molecule has 5 nitrogen and oxygen atoms in total. The Morgan fingerprint density at radius 1 is 1.25 bits per heavy atom.